The first-order valence-electron chi connectivity index (χ1n) is 6.64. The lowest BCUT2D eigenvalue weighted by atomic mass is 10.1. The van der Waals surface area contributed by atoms with Crippen molar-refractivity contribution in [1.82, 2.24) is 4.98 Å². The molecule has 5 heteroatoms. The molecular weight excluding hydrogens is 346 g/mol. The van der Waals surface area contributed by atoms with Crippen LogP contribution in [0.4, 0.5) is 11.4 Å². The molecule has 0 saturated carbocycles. The lowest BCUT2D eigenvalue weighted by Crippen LogP contribution is -2.16. The minimum absolute atomic E-state index is 0.765. The highest BCUT2D eigenvalue weighted by atomic mass is 79.9. The maximum absolute atomic E-state index is 5.94. The molecule has 0 atom stereocenters. The lowest BCUT2D eigenvalue weighted by molar-refractivity contribution is 0.942. The summed E-state index contributed by atoms with van der Waals surface area (Å²) in [6, 6.07) is 10.2. The van der Waals surface area contributed by atoms with Gasteiger partial charge in [-0.3, -0.25) is 4.98 Å². The van der Waals surface area contributed by atoms with Crippen LogP contribution in [0, 0.1) is 6.92 Å². The number of halogens is 1. The standard InChI is InChI=1S/C16H16BrN3S/c1-10-5-16(14-7-12(18)3-4-15(14)19-10)20(2)8-13-6-11(17)9-21-13/h3-7,9H,8,18H2,1-2H3. The van der Waals surface area contributed by atoms with Crippen LogP contribution in [0.5, 0.6) is 0 Å². The normalized spacial score (nSPS) is 11.0. The van der Waals surface area contributed by atoms with Gasteiger partial charge in [-0.05, 0) is 53.2 Å². The molecule has 0 amide bonds. The van der Waals surface area contributed by atoms with E-state index in [1.807, 2.05) is 25.1 Å². The molecule has 0 spiro atoms. The number of pyridine rings is 1. The molecule has 3 aromatic rings. The minimum Gasteiger partial charge on any atom is -0.399 e. The maximum atomic E-state index is 5.94. The molecule has 0 saturated heterocycles. The zero-order valence-electron chi connectivity index (χ0n) is 11.9. The molecule has 0 aliphatic carbocycles. The summed E-state index contributed by atoms with van der Waals surface area (Å²) in [6.07, 6.45) is 0. The topological polar surface area (TPSA) is 42.1 Å². The van der Waals surface area contributed by atoms with E-state index in [1.54, 1.807) is 11.3 Å². The molecule has 2 aromatic heterocycles. The van der Waals surface area contributed by atoms with Gasteiger partial charge in [0, 0.05) is 44.2 Å². The number of aromatic nitrogens is 1. The average molecular weight is 362 g/mol. The van der Waals surface area contributed by atoms with Gasteiger partial charge < -0.3 is 10.6 Å². The van der Waals surface area contributed by atoms with Crippen molar-refractivity contribution in [2.24, 2.45) is 0 Å². The molecule has 108 valence electrons. The first kappa shape index (κ1) is 14.4. The van der Waals surface area contributed by atoms with Crippen molar-refractivity contribution in [2.75, 3.05) is 17.7 Å². The van der Waals surface area contributed by atoms with E-state index in [9.17, 15) is 0 Å². The van der Waals surface area contributed by atoms with Crippen LogP contribution in [0.2, 0.25) is 0 Å². The first-order chi connectivity index (χ1) is 10.0. The number of rotatable bonds is 3. The van der Waals surface area contributed by atoms with Gasteiger partial charge in [-0.1, -0.05) is 0 Å². The van der Waals surface area contributed by atoms with E-state index in [4.69, 9.17) is 5.73 Å². The minimum atomic E-state index is 0.765. The van der Waals surface area contributed by atoms with Gasteiger partial charge in [0.1, 0.15) is 0 Å². The number of thiophene rings is 1. The number of hydrogen-bond donors (Lipinski definition) is 1. The van der Waals surface area contributed by atoms with Crippen molar-refractivity contribution in [3.8, 4) is 0 Å². The third-order valence-electron chi connectivity index (χ3n) is 3.36. The number of nitrogen functional groups attached to an aromatic ring is 1. The molecule has 3 nitrogen and oxygen atoms in total. The Labute approximate surface area is 136 Å². The Morgan fingerprint density at radius 1 is 1.29 bits per heavy atom. The fourth-order valence-electron chi connectivity index (χ4n) is 2.43. The van der Waals surface area contributed by atoms with Crippen LogP contribution >= 0.6 is 27.3 Å². The molecule has 0 aliphatic rings. The van der Waals surface area contributed by atoms with Crippen molar-refractivity contribution in [3.63, 3.8) is 0 Å². The fraction of sp³-hybridized carbons (Fsp3) is 0.188. The smallest absolute Gasteiger partial charge is 0.0727 e. The second-order valence-corrected chi connectivity index (χ2v) is 7.06. The van der Waals surface area contributed by atoms with Crippen molar-refractivity contribution in [2.45, 2.75) is 13.5 Å². The largest absolute Gasteiger partial charge is 0.399 e. The Balaban J connectivity index is 2.03. The molecule has 3 rings (SSSR count). The molecule has 0 bridgehead atoms. The highest BCUT2D eigenvalue weighted by Gasteiger charge is 2.10. The summed E-state index contributed by atoms with van der Waals surface area (Å²) in [5.74, 6) is 0. The zero-order chi connectivity index (χ0) is 15.0. The van der Waals surface area contributed by atoms with Gasteiger partial charge in [0.05, 0.1) is 12.1 Å². The Morgan fingerprint density at radius 2 is 2.10 bits per heavy atom. The third-order valence-corrected chi connectivity index (χ3v) is 5.05. The molecular formula is C16H16BrN3S. The number of hydrogen-bond acceptors (Lipinski definition) is 4. The van der Waals surface area contributed by atoms with E-state index in [2.05, 4.69) is 50.4 Å². The summed E-state index contributed by atoms with van der Waals surface area (Å²) < 4.78 is 1.14. The molecule has 1 aromatic carbocycles. The quantitative estimate of drug-likeness (QED) is 0.693. The summed E-state index contributed by atoms with van der Waals surface area (Å²) in [5, 5.41) is 3.20. The van der Waals surface area contributed by atoms with Gasteiger partial charge in [0.2, 0.25) is 0 Å². The summed E-state index contributed by atoms with van der Waals surface area (Å²) in [7, 11) is 2.10. The highest BCUT2D eigenvalue weighted by Crippen LogP contribution is 2.30. The van der Waals surface area contributed by atoms with Crippen molar-refractivity contribution in [1.29, 1.82) is 0 Å². The van der Waals surface area contributed by atoms with Crippen LogP contribution in [0.3, 0.4) is 0 Å². The Kier molecular flexibility index (Phi) is 3.87. The van der Waals surface area contributed by atoms with E-state index in [1.165, 1.54) is 4.88 Å². The second kappa shape index (κ2) is 5.66. The van der Waals surface area contributed by atoms with E-state index in [0.717, 1.165) is 39.0 Å². The van der Waals surface area contributed by atoms with Crippen LogP contribution in [-0.4, -0.2) is 12.0 Å². The van der Waals surface area contributed by atoms with Crippen LogP contribution in [-0.2, 0) is 6.54 Å². The molecule has 2 N–H and O–H groups in total. The molecule has 2 heterocycles. The Hall–Kier alpha value is -1.59. The number of aryl methyl sites for hydroxylation is 1. The SMILES string of the molecule is Cc1cc(N(C)Cc2cc(Br)cs2)c2cc(N)ccc2n1. The Bertz CT molecular complexity index is 797. The van der Waals surface area contributed by atoms with Gasteiger partial charge in [0.15, 0.2) is 0 Å². The number of anilines is 2. The van der Waals surface area contributed by atoms with Crippen molar-refractivity contribution >= 4 is 49.5 Å². The molecule has 0 aliphatic heterocycles. The van der Waals surface area contributed by atoms with Gasteiger partial charge in [-0.15, -0.1) is 11.3 Å². The molecule has 0 radical (unpaired) electrons. The monoisotopic (exact) mass is 361 g/mol. The van der Waals surface area contributed by atoms with Crippen molar-refractivity contribution < 1.29 is 0 Å². The maximum Gasteiger partial charge on any atom is 0.0727 e. The van der Waals surface area contributed by atoms with E-state index >= 15 is 0 Å². The van der Waals surface area contributed by atoms with Gasteiger partial charge in [-0.2, -0.15) is 0 Å². The lowest BCUT2D eigenvalue weighted by Gasteiger charge is -2.21. The highest BCUT2D eigenvalue weighted by molar-refractivity contribution is 9.10. The van der Waals surface area contributed by atoms with E-state index in [-0.39, 0.29) is 0 Å². The zero-order valence-corrected chi connectivity index (χ0v) is 14.3. The second-order valence-electron chi connectivity index (χ2n) is 5.15. The average Bonchev–Trinajstić information content (AvgIpc) is 2.83. The fourth-order valence-corrected chi connectivity index (χ4v) is 3.93. The van der Waals surface area contributed by atoms with Crippen LogP contribution in [0.15, 0.2) is 40.2 Å². The van der Waals surface area contributed by atoms with E-state index in [0.29, 0.717) is 0 Å². The number of nitrogens with two attached hydrogens (primary N) is 1. The predicted octanol–water partition coefficient (Wildman–Crippen LogP) is 4.59. The van der Waals surface area contributed by atoms with E-state index < -0.39 is 0 Å². The summed E-state index contributed by atoms with van der Waals surface area (Å²) in [5.41, 5.74) is 9.86. The van der Waals surface area contributed by atoms with Gasteiger partial charge in [0.25, 0.3) is 0 Å². The van der Waals surface area contributed by atoms with Crippen LogP contribution in [0.25, 0.3) is 10.9 Å². The van der Waals surface area contributed by atoms with Crippen molar-refractivity contribution in [3.05, 3.63) is 50.8 Å². The van der Waals surface area contributed by atoms with Gasteiger partial charge >= 0.3 is 0 Å². The van der Waals surface area contributed by atoms with Gasteiger partial charge in [-0.25, -0.2) is 0 Å². The predicted molar refractivity (Wildman–Crippen MR) is 95.0 cm³/mol. The summed E-state index contributed by atoms with van der Waals surface area (Å²) in [4.78, 5) is 8.14. The number of fused-ring (bicyclic) bond motifs is 1. The first-order valence-corrected chi connectivity index (χ1v) is 8.31. The summed E-state index contributed by atoms with van der Waals surface area (Å²) in [6.45, 7) is 2.89. The van der Waals surface area contributed by atoms with Crippen LogP contribution < -0.4 is 10.6 Å². The van der Waals surface area contributed by atoms with Crippen LogP contribution in [0.1, 0.15) is 10.6 Å². The third kappa shape index (κ3) is 3.04. The Morgan fingerprint density at radius 3 is 2.81 bits per heavy atom. The number of nitrogens with zero attached hydrogens (tertiary/aromatic N) is 2. The molecule has 21 heavy (non-hydrogen) atoms. The molecule has 0 fully saturated rings. The summed E-state index contributed by atoms with van der Waals surface area (Å²) >= 11 is 5.26. The molecule has 0 unspecified atom stereocenters. The number of benzene rings is 1.